The molecule has 0 radical (unpaired) electrons. The summed E-state index contributed by atoms with van der Waals surface area (Å²) in [7, 11) is 0. The number of allylic oxidation sites excluding steroid dienone is 2. The number of hydrogen-bond acceptors (Lipinski definition) is 5. The van der Waals surface area contributed by atoms with Crippen LogP contribution in [0.4, 0.5) is 10.2 Å². The molecule has 3 aromatic rings. The van der Waals surface area contributed by atoms with E-state index in [1.165, 1.54) is 17.8 Å². The molecule has 1 aliphatic heterocycles. The van der Waals surface area contributed by atoms with Gasteiger partial charge in [-0.2, -0.15) is 0 Å². The number of hydrogen-bond donors (Lipinski definition) is 2. The largest absolute Gasteiger partial charge is 0.343 e. The van der Waals surface area contributed by atoms with Crippen molar-refractivity contribution >= 4 is 23.4 Å². The number of aromatic amines is 1. The molecule has 2 N–H and O–H groups in total. The SMILES string of the molecule is Cc1ccc([C@H]2C3=C(CCCC3=O)Nc3nc(SCc4ccccc4F)[nH]c(=O)c32)cc1. The second-order valence-electron chi connectivity index (χ2n) is 8.15. The summed E-state index contributed by atoms with van der Waals surface area (Å²) in [6, 6.07) is 14.5. The Balaban J connectivity index is 1.56. The highest BCUT2D eigenvalue weighted by atomic mass is 32.2. The highest BCUT2D eigenvalue weighted by Gasteiger charge is 2.37. The van der Waals surface area contributed by atoms with Crippen molar-refractivity contribution in [3.05, 3.63) is 98.2 Å². The van der Waals surface area contributed by atoms with Gasteiger partial charge < -0.3 is 10.3 Å². The van der Waals surface area contributed by atoms with Crippen LogP contribution in [0.1, 0.15) is 47.4 Å². The van der Waals surface area contributed by atoms with Crippen LogP contribution in [0.15, 0.2) is 69.8 Å². The Morgan fingerprint density at radius 3 is 2.66 bits per heavy atom. The predicted octanol–water partition coefficient (Wildman–Crippen LogP) is 5.07. The maximum Gasteiger partial charge on any atom is 0.257 e. The monoisotopic (exact) mass is 447 g/mol. The minimum atomic E-state index is -0.448. The van der Waals surface area contributed by atoms with Gasteiger partial charge >= 0.3 is 0 Å². The van der Waals surface area contributed by atoms with Crippen LogP contribution in [0.5, 0.6) is 0 Å². The molecule has 5 rings (SSSR count). The van der Waals surface area contributed by atoms with Gasteiger partial charge in [-0.15, -0.1) is 0 Å². The van der Waals surface area contributed by atoms with Crippen LogP contribution in [-0.4, -0.2) is 15.8 Å². The Bertz CT molecular complexity index is 1300. The van der Waals surface area contributed by atoms with E-state index < -0.39 is 5.92 Å². The lowest BCUT2D eigenvalue weighted by Crippen LogP contribution is -2.32. The van der Waals surface area contributed by atoms with E-state index in [1.54, 1.807) is 18.2 Å². The Labute approximate surface area is 189 Å². The summed E-state index contributed by atoms with van der Waals surface area (Å²) in [6.07, 6.45) is 2.01. The maximum absolute atomic E-state index is 14.0. The smallest absolute Gasteiger partial charge is 0.257 e. The fourth-order valence-electron chi connectivity index (χ4n) is 4.36. The summed E-state index contributed by atoms with van der Waals surface area (Å²) >= 11 is 1.27. The first kappa shape index (κ1) is 20.7. The number of H-pyrrole nitrogens is 1. The van der Waals surface area contributed by atoms with Crippen LogP contribution < -0.4 is 10.9 Å². The first-order valence-electron chi connectivity index (χ1n) is 10.6. The minimum Gasteiger partial charge on any atom is -0.343 e. The molecule has 0 unspecified atom stereocenters. The fraction of sp³-hybridized carbons (Fsp3) is 0.240. The predicted molar refractivity (Wildman–Crippen MR) is 123 cm³/mol. The number of carbonyl (C=O) groups excluding carboxylic acids is 1. The number of nitrogens with zero attached hydrogens (tertiary/aromatic N) is 1. The summed E-state index contributed by atoms with van der Waals surface area (Å²) in [4.78, 5) is 33.6. The van der Waals surface area contributed by atoms with Crippen molar-refractivity contribution in [1.82, 2.24) is 9.97 Å². The van der Waals surface area contributed by atoms with Gasteiger partial charge in [0, 0.05) is 29.4 Å². The molecule has 162 valence electrons. The molecular weight excluding hydrogens is 425 g/mol. The summed E-state index contributed by atoms with van der Waals surface area (Å²) in [5, 5.41) is 3.69. The molecule has 32 heavy (non-hydrogen) atoms. The van der Waals surface area contributed by atoms with Gasteiger partial charge in [0.15, 0.2) is 10.9 Å². The van der Waals surface area contributed by atoms with Gasteiger partial charge in [0.05, 0.1) is 5.56 Å². The first-order valence-corrected chi connectivity index (χ1v) is 11.6. The van der Waals surface area contributed by atoms with Crippen molar-refractivity contribution in [3.8, 4) is 0 Å². The number of fused-ring (bicyclic) bond motifs is 1. The third-order valence-electron chi connectivity index (χ3n) is 5.97. The van der Waals surface area contributed by atoms with E-state index in [-0.39, 0.29) is 17.2 Å². The van der Waals surface area contributed by atoms with Gasteiger partial charge in [-0.05, 0) is 37.0 Å². The van der Waals surface area contributed by atoms with Gasteiger partial charge in [-0.25, -0.2) is 9.37 Å². The fourth-order valence-corrected chi connectivity index (χ4v) is 5.21. The van der Waals surface area contributed by atoms with Crippen molar-refractivity contribution in [2.45, 2.75) is 43.0 Å². The number of anilines is 1. The number of carbonyl (C=O) groups is 1. The highest BCUT2D eigenvalue weighted by Crippen LogP contribution is 2.43. The van der Waals surface area contributed by atoms with Gasteiger partial charge in [-0.3, -0.25) is 9.59 Å². The van der Waals surface area contributed by atoms with E-state index in [2.05, 4.69) is 15.3 Å². The molecule has 1 aliphatic carbocycles. The van der Waals surface area contributed by atoms with E-state index in [0.717, 1.165) is 29.7 Å². The molecule has 0 spiro atoms. The van der Waals surface area contributed by atoms with Crippen LogP contribution in [-0.2, 0) is 10.5 Å². The Morgan fingerprint density at radius 1 is 1.09 bits per heavy atom. The zero-order chi connectivity index (χ0) is 22.2. The van der Waals surface area contributed by atoms with Gasteiger partial charge in [-0.1, -0.05) is 59.8 Å². The number of rotatable bonds is 4. The molecule has 0 amide bonds. The molecule has 5 nitrogen and oxygen atoms in total. The second-order valence-corrected chi connectivity index (χ2v) is 9.12. The Hall–Kier alpha value is -3.19. The molecular formula is C25H22FN3O2S. The third-order valence-corrected chi connectivity index (χ3v) is 6.89. The van der Waals surface area contributed by atoms with Gasteiger partial charge in [0.25, 0.3) is 5.56 Å². The number of Topliss-reactive ketones (excluding diaryl/α,β-unsaturated/α-hetero) is 1. The lowest BCUT2D eigenvalue weighted by molar-refractivity contribution is -0.116. The molecule has 1 atom stereocenters. The Morgan fingerprint density at radius 2 is 1.88 bits per heavy atom. The molecule has 0 fully saturated rings. The van der Waals surface area contributed by atoms with Crippen LogP contribution in [0.3, 0.4) is 0 Å². The number of aromatic nitrogens is 2. The first-order chi connectivity index (χ1) is 15.5. The average molecular weight is 448 g/mol. The van der Waals surface area contributed by atoms with E-state index in [9.17, 15) is 14.0 Å². The molecule has 1 aromatic heterocycles. The van der Waals surface area contributed by atoms with Crippen molar-refractivity contribution in [1.29, 1.82) is 0 Å². The number of nitrogens with one attached hydrogen (secondary N) is 2. The van der Waals surface area contributed by atoms with E-state index in [1.807, 2.05) is 31.2 Å². The number of aryl methyl sites for hydroxylation is 1. The molecule has 0 saturated heterocycles. The van der Waals surface area contributed by atoms with Crippen molar-refractivity contribution in [2.24, 2.45) is 0 Å². The lowest BCUT2D eigenvalue weighted by atomic mass is 9.76. The number of thioether (sulfide) groups is 1. The summed E-state index contributed by atoms with van der Waals surface area (Å²) in [6.45, 7) is 2.00. The number of benzene rings is 2. The quantitative estimate of drug-likeness (QED) is 0.431. The van der Waals surface area contributed by atoms with E-state index >= 15 is 0 Å². The lowest BCUT2D eigenvalue weighted by Gasteiger charge is -2.32. The van der Waals surface area contributed by atoms with Crippen LogP contribution in [0.25, 0.3) is 0 Å². The van der Waals surface area contributed by atoms with Gasteiger partial charge in [0.2, 0.25) is 0 Å². The number of ketones is 1. The molecule has 2 heterocycles. The molecule has 0 saturated carbocycles. The molecule has 7 heteroatoms. The highest BCUT2D eigenvalue weighted by molar-refractivity contribution is 7.98. The second kappa shape index (κ2) is 8.39. The Kier molecular flexibility index (Phi) is 5.43. The van der Waals surface area contributed by atoms with Crippen LogP contribution in [0, 0.1) is 12.7 Å². The van der Waals surface area contributed by atoms with Crippen molar-refractivity contribution < 1.29 is 9.18 Å². The number of halogens is 1. The van der Waals surface area contributed by atoms with E-state index in [4.69, 9.17) is 0 Å². The zero-order valence-corrected chi connectivity index (χ0v) is 18.4. The standard InChI is InChI=1S/C25H22FN3O2S/c1-14-9-11-15(12-10-14)20-21-18(7-4-8-19(21)30)27-23-22(20)24(31)29-25(28-23)32-13-16-5-2-3-6-17(16)26/h2-3,5-6,9-12,20H,4,7-8,13H2,1H3,(H2,27,28,29,31)/t20-/m0/s1. The van der Waals surface area contributed by atoms with E-state index in [0.29, 0.717) is 39.8 Å². The summed E-state index contributed by atoms with van der Waals surface area (Å²) < 4.78 is 14.0. The summed E-state index contributed by atoms with van der Waals surface area (Å²) in [5.74, 6) is 0.170. The molecule has 2 aliphatic rings. The van der Waals surface area contributed by atoms with Gasteiger partial charge in [0.1, 0.15) is 11.6 Å². The average Bonchev–Trinajstić information content (AvgIpc) is 2.78. The maximum atomic E-state index is 14.0. The summed E-state index contributed by atoms with van der Waals surface area (Å²) in [5.41, 5.74) is 4.26. The normalized spacial score (nSPS) is 17.6. The third kappa shape index (κ3) is 3.77. The molecule has 0 bridgehead atoms. The topological polar surface area (TPSA) is 74.8 Å². The zero-order valence-electron chi connectivity index (χ0n) is 17.6. The van der Waals surface area contributed by atoms with Crippen molar-refractivity contribution in [2.75, 3.05) is 5.32 Å². The minimum absolute atomic E-state index is 0.0763. The molecule has 2 aromatic carbocycles. The van der Waals surface area contributed by atoms with Crippen LogP contribution in [0.2, 0.25) is 0 Å². The van der Waals surface area contributed by atoms with Crippen LogP contribution >= 0.6 is 11.8 Å². The van der Waals surface area contributed by atoms with Crippen molar-refractivity contribution in [3.63, 3.8) is 0 Å².